The Morgan fingerprint density at radius 1 is 0.468 bits per heavy atom. The standard InChI is InChI=1S/C43H26N2OS/c1-2-11-27(12-3-1)43-32-22-24-38-42(31-15-4-7-18-37(31)46-38)41(32)33-26-29(21-23-34(33)44-43)28-13-10-14-30(25-28)45-35-16-5-8-19-39(35)47-40-20-9-6-17-36(40)45/h1-26H. The molecule has 1 aliphatic heterocycles. The smallest absolute Gasteiger partial charge is 0.136 e. The lowest BCUT2D eigenvalue weighted by molar-refractivity contribution is 0.669. The summed E-state index contributed by atoms with van der Waals surface area (Å²) in [6.07, 6.45) is 0. The molecule has 220 valence electrons. The van der Waals surface area contributed by atoms with Gasteiger partial charge in [0.05, 0.1) is 22.6 Å². The van der Waals surface area contributed by atoms with Crippen LogP contribution in [0.3, 0.4) is 0 Å². The number of benzene rings is 7. The topological polar surface area (TPSA) is 29.3 Å². The van der Waals surface area contributed by atoms with E-state index in [1.807, 2.05) is 17.8 Å². The van der Waals surface area contributed by atoms with Crippen molar-refractivity contribution in [2.45, 2.75) is 9.79 Å². The quantitative estimate of drug-likeness (QED) is 0.184. The number of hydrogen-bond donors (Lipinski definition) is 0. The van der Waals surface area contributed by atoms with Gasteiger partial charge in [0.15, 0.2) is 0 Å². The predicted molar refractivity (Wildman–Crippen MR) is 196 cm³/mol. The molecule has 4 heteroatoms. The van der Waals surface area contributed by atoms with Crippen LogP contribution in [-0.4, -0.2) is 4.98 Å². The maximum atomic E-state index is 6.38. The highest BCUT2D eigenvalue weighted by Crippen LogP contribution is 2.51. The minimum absolute atomic E-state index is 0.887. The molecule has 3 nitrogen and oxygen atoms in total. The second-order valence-electron chi connectivity index (χ2n) is 11.9. The van der Waals surface area contributed by atoms with Crippen molar-refractivity contribution in [3.63, 3.8) is 0 Å². The lowest BCUT2D eigenvalue weighted by Gasteiger charge is -2.33. The number of rotatable bonds is 3. The first kappa shape index (κ1) is 26.4. The van der Waals surface area contributed by atoms with Crippen LogP contribution in [0, 0.1) is 0 Å². The van der Waals surface area contributed by atoms with Crippen molar-refractivity contribution in [2.24, 2.45) is 0 Å². The van der Waals surface area contributed by atoms with Gasteiger partial charge in [0.25, 0.3) is 0 Å². The summed E-state index contributed by atoms with van der Waals surface area (Å²) in [7, 11) is 0. The molecule has 0 N–H and O–H groups in total. The Morgan fingerprint density at radius 3 is 2.00 bits per heavy atom. The number of nitrogens with zero attached hydrogens (tertiary/aromatic N) is 2. The van der Waals surface area contributed by atoms with E-state index < -0.39 is 0 Å². The van der Waals surface area contributed by atoms with Gasteiger partial charge in [-0.15, -0.1) is 0 Å². The van der Waals surface area contributed by atoms with E-state index in [-0.39, 0.29) is 0 Å². The zero-order valence-electron chi connectivity index (χ0n) is 25.2. The van der Waals surface area contributed by atoms with Crippen LogP contribution in [0.25, 0.3) is 66.0 Å². The second-order valence-corrected chi connectivity index (χ2v) is 13.0. The Hall–Kier alpha value is -5.84. The number of anilines is 3. The van der Waals surface area contributed by atoms with Crippen molar-refractivity contribution in [3.8, 4) is 22.4 Å². The molecule has 0 fully saturated rings. The minimum atomic E-state index is 0.887. The zero-order valence-corrected chi connectivity index (χ0v) is 26.0. The monoisotopic (exact) mass is 618 g/mol. The third kappa shape index (κ3) is 4.12. The molecule has 0 aliphatic carbocycles. The lowest BCUT2D eigenvalue weighted by Crippen LogP contribution is -2.14. The third-order valence-electron chi connectivity index (χ3n) is 9.21. The Labute approximate surface area is 275 Å². The number of furan rings is 1. The van der Waals surface area contributed by atoms with Gasteiger partial charge in [-0.25, -0.2) is 4.98 Å². The fourth-order valence-electron chi connectivity index (χ4n) is 7.11. The molecule has 7 aromatic carbocycles. The largest absolute Gasteiger partial charge is 0.456 e. The average molecular weight is 619 g/mol. The van der Waals surface area contributed by atoms with E-state index in [0.29, 0.717) is 0 Å². The van der Waals surface area contributed by atoms with Crippen molar-refractivity contribution >= 4 is 72.4 Å². The highest BCUT2D eigenvalue weighted by atomic mass is 32.2. The summed E-state index contributed by atoms with van der Waals surface area (Å²) in [5, 5.41) is 5.66. The third-order valence-corrected chi connectivity index (χ3v) is 10.3. The molecule has 1 aliphatic rings. The van der Waals surface area contributed by atoms with Gasteiger partial charge in [-0.05, 0) is 77.9 Å². The zero-order chi connectivity index (χ0) is 30.9. The number of pyridine rings is 1. The Balaban J connectivity index is 1.22. The molecule has 0 bridgehead atoms. The summed E-state index contributed by atoms with van der Waals surface area (Å²) in [5.41, 5.74) is 10.7. The maximum absolute atomic E-state index is 6.38. The van der Waals surface area contributed by atoms with Gasteiger partial charge in [-0.2, -0.15) is 0 Å². The van der Waals surface area contributed by atoms with Gasteiger partial charge >= 0.3 is 0 Å². The number of para-hydroxylation sites is 3. The average Bonchev–Trinajstić information content (AvgIpc) is 3.52. The van der Waals surface area contributed by atoms with Gasteiger partial charge in [0.2, 0.25) is 0 Å². The molecule has 9 aromatic rings. The minimum Gasteiger partial charge on any atom is -0.456 e. The summed E-state index contributed by atoms with van der Waals surface area (Å²) < 4.78 is 6.38. The fraction of sp³-hybridized carbons (Fsp3) is 0. The van der Waals surface area contributed by atoms with Crippen molar-refractivity contribution in [1.29, 1.82) is 0 Å². The number of hydrogen-bond acceptors (Lipinski definition) is 4. The molecular formula is C43H26N2OS. The van der Waals surface area contributed by atoms with E-state index in [1.54, 1.807) is 0 Å². The Kier molecular flexibility index (Phi) is 5.81. The predicted octanol–water partition coefficient (Wildman–Crippen LogP) is 12.6. The van der Waals surface area contributed by atoms with Gasteiger partial charge in [-0.3, -0.25) is 0 Å². The van der Waals surface area contributed by atoms with Crippen molar-refractivity contribution in [3.05, 3.63) is 158 Å². The van der Waals surface area contributed by atoms with E-state index in [1.165, 1.54) is 26.6 Å². The van der Waals surface area contributed by atoms with Crippen LogP contribution in [0.2, 0.25) is 0 Å². The molecule has 0 radical (unpaired) electrons. The van der Waals surface area contributed by atoms with E-state index in [4.69, 9.17) is 9.40 Å². The maximum Gasteiger partial charge on any atom is 0.136 e. The van der Waals surface area contributed by atoms with E-state index in [2.05, 4.69) is 157 Å². The number of aromatic nitrogens is 1. The molecule has 0 spiro atoms. The molecular weight excluding hydrogens is 593 g/mol. The van der Waals surface area contributed by atoms with Gasteiger partial charge in [-0.1, -0.05) is 103 Å². The molecule has 0 saturated heterocycles. The molecule has 0 saturated carbocycles. The summed E-state index contributed by atoms with van der Waals surface area (Å²) in [4.78, 5) is 10.2. The summed E-state index contributed by atoms with van der Waals surface area (Å²) >= 11 is 1.83. The van der Waals surface area contributed by atoms with Gasteiger partial charge in [0, 0.05) is 48.0 Å². The van der Waals surface area contributed by atoms with Crippen molar-refractivity contribution in [2.75, 3.05) is 4.90 Å². The highest BCUT2D eigenvalue weighted by Gasteiger charge is 2.24. The normalized spacial score (nSPS) is 12.6. The van der Waals surface area contributed by atoms with Gasteiger partial charge in [0.1, 0.15) is 11.2 Å². The first-order valence-electron chi connectivity index (χ1n) is 15.8. The van der Waals surface area contributed by atoms with Crippen LogP contribution >= 0.6 is 11.8 Å². The SMILES string of the molecule is c1ccc(-c2nc3ccc(-c4cccc(N5c6ccccc6Sc6ccccc65)c4)cc3c3c2ccc2oc4ccccc4c23)cc1. The van der Waals surface area contributed by atoms with Crippen LogP contribution in [0.1, 0.15) is 0 Å². The van der Waals surface area contributed by atoms with Crippen LogP contribution in [0.5, 0.6) is 0 Å². The molecule has 10 rings (SSSR count). The lowest BCUT2D eigenvalue weighted by atomic mass is 9.94. The molecule has 2 aromatic heterocycles. The van der Waals surface area contributed by atoms with Crippen molar-refractivity contribution in [1.82, 2.24) is 4.98 Å². The molecule has 47 heavy (non-hydrogen) atoms. The second kappa shape index (κ2) is 10.3. The number of fused-ring (bicyclic) bond motifs is 9. The molecule has 0 unspecified atom stereocenters. The highest BCUT2D eigenvalue weighted by molar-refractivity contribution is 7.99. The summed E-state index contributed by atoms with van der Waals surface area (Å²) in [5.74, 6) is 0. The van der Waals surface area contributed by atoms with Crippen LogP contribution in [-0.2, 0) is 0 Å². The van der Waals surface area contributed by atoms with E-state index >= 15 is 0 Å². The van der Waals surface area contributed by atoms with Crippen molar-refractivity contribution < 1.29 is 4.42 Å². The molecule has 0 amide bonds. The van der Waals surface area contributed by atoms with Crippen LogP contribution < -0.4 is 4.90 Å². The van der Waals surface area contributed by atoms with E-state index in [9.17, 15) is 0 Å². The van der Waals surface area contributed by atoms with Gasteiger partial charge < -0.3 is 9.32 Å². The first-order valence-corrected chi connectivity index (χ1v) is 16.6. The molecule has 3 heterocycles. The van der Waals surface area contributed by atoms with Crippen LogP contribution in [0.15, 0.2) is 172 Å². The Bertz CT molecular complexity index is 2630. The molecule has 0 atom stereocenters. The van der Waals surface area contributed by atoms with E-state index in [0.717, 1.165) is 66.3 Å². The summed E-state index contributed by atoms with van der Waals surface area (Å²) in [6, 6.07) is 56.0. The Morgan fingerprint density at radius 2 is 1.17 bits per heavy atom. The summed E-state index contributed by atoms with van der Waals surface area (Å²) in [6.45, 7) is 0. The first-order chi connectivity index (χ1) is 23.3. The fourth-order valence-corrected chi connectivity index (χ4v) is 8.17. The van der Waals surface area contributed by atoms with Crippen LogP contribution in [0.4, 0.5) is 17.1 Å².